The Morgan fingerprint density at radius 2 is 1.68 bits per heavy atom. The predicted molar refractivity (Wildman–Crippen MR) is 80.0 cm³/mol. The lowest BCUT2D eigenvalue weighted by atomic mass is 10.1. The van der Waals surface area contributed by atoms with E-state index in [-0.39, 0.29) is 12.4 Å². The van der Waals surface area contributed by atoms with Gasteiger partial charge < -0.3 is 9.47 Å². The van der Waals surface area contributed by atoms with Crippen LogP contribution in [0, 0.1) is 0 Å². The van der Waals surface area contributed by atoms with Gasteiger partial charge in [0.2, 0.25) is 0 Å². The van der Waals surface area contributed by atoms with Crippen molar-refractivity contribution in [2.24, 2.45) is 0 Å². The van der Waals surface area contributed by atoms with E-state index in [1.807, 2.05) is 42.5 Å². The van der Waals surface area contributed by atoms with Gasteiger partial charge in [0.05, 0.1) is 14.2 Å². The molecule has 100 valence electrons. The van der Waals surface area contributed by atoms with Crippen LogP contribution in [0.4, 0.5) is 0 Å². The van der Waals surface area contributed by atoms with E-state index in [0.29, 0.717) is 0 Å². The van der Waals surface area contributed by atoms with Crippen LogP contribution in [0.15, 0.2) is 42.7 Å². The van der Waals surface area contributed by atoms with Gasteiger partial charge in [0, 0.05) is 18.0 Å². The number of halogens is 1. The number of rotatable bonds is 4. The maximum Gasteiger partial charge on any atom is 0.167 e. The van der Waals surface area contributed by atoms with E-state index in [4.69, 9.17) is 9.47 Å². The number of pyridine rings is 1. The molecule has 1 aromatic carbocycles. The molecular formula is C15H16ClNO2. The molecule has 0 saturated heterocycles. The van der Waals surface area contributed by atoms with Crippen LogP contribution in [0.2, 0.25) is 0 Å². The Hall–Kier alpha value is -2.00. The largest absolute Gasteiger partial charge is 0.493 e. The standard InChI is InChI=1S/C15H15NO2.ClH/c1-17-14-5-3-4-13(15(14)18-2)7-6-12-8-10-16-11-9-12;/h3-11H,1-2H3;1H. The SMILES string of the molecule is COc1cccc(C=Cc2ccncc2)c1OC.Cl. The molecule has 0 aliphatic heterocycles. The van der Waals surface area contributed by atoms with Crippen molar-refractivity contribution in [3.63, 3.8) is 0 Å². The first-order chi connectivity index (χ1) is 8.85. The van der Waals surface area contributed by atoms with Crippen LogP contribution in [0.3, 0.4) is 0 Å². The first-order valence-electron chi connectivity index (χ1n) is 5.64. The zero-order chi connectivity index (χ0) is 12.8. The molecular weight excluding hydrogens is 262 g/mol. The fraction of sp³-hybridized carbons (Fsp3) is 0.133. The Kier molecular flexibility index (Phi) is 5.90. The minimum absolute atomic E-state index is 0. The van der Waals surface area contributed by atoms with Crippen molar-refractivity contribution in [2.45, 2.75) is 0 Å². The van der Waals surface area contributed by atoms with Crippen molar-refractivity contribution in [1.29, 1.82) is 0 Å². The summed E-state index contributed by atoms with van der Waals surface area (Å²) < 4.78 is 10.6. The molecule has 0 spiro atoms. The molecule has 19 heavy (non-hydrogen) atoms. The smallest absolute Gasteiger partial charge is 0.167 e. The molecule has 0 aliphatic rings. The number of benzene rings is 1. The number of nitrogens with zero attached hydrogens (tertiary/aromatic N) is 1. The fourth-order valence-corrected chi connectivity index (χ4v) is 1.70. The molecule has 0 radical (unpaired) electrons. The van der Waals surface area contributed by atoms with Crippen molar-refractivity contribution in [2.75, 3.05) is 14.2 Å². The maximum atomic E-state index is 5.37. The van der Waals surface area contributed by atoms with E-state index in [9.17, 15) is 0 Å². The lowest BCUT2D eigenvalue weighted by molar-refractivity contribution is 0.354. The summed E-state index contributed by atoms with van der Waals surface area (Å²) >= 11 is 0. The van der Waals surface area contributed by atoms with E-state index in [1.165, 1.54) is 0 Å². The summed E-state index contributed by atoms with van der Waals surface area (Å²) in [5, 5.41) is 0. The van der Waals surface area contributed by atoms with Gasteiger partial charge in [-0.1, -0.05) is 24.3 Å². The van der Waals surface area contributed by atoms with Gasteiger partial charge >= 0.3 is 0 Å². The number of hydrogen-bond acceptors (Lipinski definition) is 3. The van der Waals surface area contributed by atoms with Crippen molar-refractivity contribution >= 4 is 24.6 Å². The number of aromatic nitrogens is 1. The zero-order valence-electron chi connectivity index (χ0n) is 10.9. The average Bonchev–Trinajstić information content (AvgIpc) is 2.45. The Morgan fingerprint density at radius 3 is 2.32 bits per heavy atom. The highest BCUT2D eigenvalue weighted by Crippen LogP contribution is 2.31. The highest BCUT2D eigenvalue weighted by Gasteiger charge is 2.06. The number of hydrogen-bond donors (Lipinski definition) is 0. The number of ether oxygens (including phenoxy) is 2. The summed E-state index contributed by atoms with van der Waals surface area (Å²) in [5.41, 5.74) is 2.07. The fourth-order valence-electron chi connectivity index (χ4n) is 1.70. The molecule has 0 fully saturated rings. The zero-order valence-corrected chi connectivity index (χ0v) is 11.7. The molecule has 2 rings (SSSR count). The first-order valence-corrected chi connectivity index (χ1v) is 5.64. The van der Waals surface area contributed by atoms with Crippen LogP contribution in [-0.2, 0) is 0 Å². The minimum atomic E-state index is 0. The third-order valence-corrected chi connectivity index (χ3v) is 2.59. The van der Waals surface area contributed by atoms with Gasteiger partial charge in [0.15, 0.2) is 11.5 Å². The highest BCUT2D eigenvalue weighted by atomic mass is 35.5. The van der Waals surface area contributed by atoms with Crippen molar-refractivity contribution in [3.05, 3.63) is 53.9 Å². The number of methoxy groups -OCH3 is 2. The lowest BCUT2D eigenvalue weighted by Gasteiger charge is -2.09. The lowest BCUT2D eigenvalue weighted by Crippen LogP contribution is -1.92. The monoisotopic (exact) mass is 277 g/mol. The summed E-state index contributed by atoms with van der Waals surface area (Å²) in [6.07, 6.45) is 7.54. The molecule has 0 saturated carbocycles. The normalized spacial score (nSPS) is 10.0. The van der Waals surface area contributed by atoms with Crippen LogP contribution in [0.5, 0.6) is 11.5 Å². The number of para-hydroxylation sites is 1. The van der Waals surface area contributed by atoms with Gasteiger partial charge in [-0.3, -0.25) is 4.98 Å². The summed E-state index contributed by atoms with van der Waals surface area (Å²) in [5.74, 6) is 1.47. The summed E-state index contributed by atoms with van der Waals surface area (Å²) in [7, 11) is 3.27. The first kappa shape index (κ1) is 15.1. The minimum Gasteiger partial charge on any atom is -0.493 e. The van der Waals surface area contributed by atoms with Gasteiger partial charge in [-0.15, -0.1) is 12.4 Å². The van der Waals surface area contributed by atoms with E-state index in [1.54, 1.807) is 26.6 Å². The average molecular weight is 278 g/mol. The summed E-state index contributed by atoms with van der Waals surface area (Å²) in [6, 6.07) is 9.70. The van der Waals surface area contributed by atoms with Crippen LogP contribution in [-0.4, -0.2) is 19.2 Å². The molecule has 0 amide bonds. The summed E-state index contributed by atoms with van der Waals surface area (Å²) in [4.78, 5) is 3.98. The maximum absolute atomic E-state index is 5.37. The van der Waals surface area contributed by atoms with Gasteiger partial charge in [-0.05, 0) is 23.8 Å². The molecule has 0 atom stereocenters. The quantitative estimate of drug-likeness (QED) is 0.854. The van der Waals surface area contributed by atoms with Crippen molar-refractivity contribution < 1.29 is 9.47 Å². The molecule has 4 heteroatoms. The summed E-state index contributed by atoms with van der Waals surface area (Å²) in [6.45, 7) is 0. The Labute approximate surface area is 119 Å². The van der Waals surface area contributed by atoms with Crippen molar-refractivity contribution in [3.8, 4) is 11.5 Å². The third kappa shape index (κ3) is 3.73. The predicted octanol–water partition coefficient (Wildman–Crippen LogP) is 3.69. The molecule has 2 aromatic rings. The second kappa shape index (κ2) is 7.44. The van der Waals surface area contributed by atoms with Gasteiger partial charge in [-0.2, -0.15) is 0 Å². The molecule has 0 aliphatic carbocycles. The Balaban J connectivity index is 0.00000180. The van der Waals surface area contributed by atoms with Crippen molar-refractivity contribution in [1.82, 2.24) is 4.98 Å². The van der Waals surface area contributed by atoms with E-state index >= 15 is 0 Å². The Bertz CT molecular complexity index is 541. The van der Waals surface area contributed by atoms with Gasteiger partial charge in [0.1, 0.15) is 0 Å². The topological polar surface area (TPSA) is 31.4 Å². The van der Waals surface area contributed by atoms with E-state index < -0.39 is 0 Å². The highest BCUT2D eigenvalue weighted by molar-refractivity contribution is 5.85. The van der Waals surface area contributed by atoms with E-state index in [0.717, 1.165) is 22.6 Å². The van der Waals surface area contributed by atoms with Crippen LogP contribution >= 0.6 is 12.4 Å². The van der Waals surface area contributed by atoms with Gasteiger partial charge in [0.25, 0.3) is 0 Å². The van der Waals surface area contributed by atoms with Crippen LogP contribution in [0.25, 0.3) is 12.2 Å². The van der Waals surface area contributed by atoms with Crippen LogP contribution in [0.1, 0.15) is 11.1 Å². The molecule has 0 N–H and O–H groups in total. The second-order valence-corrected chi connectivity index (χ2v) is 3.70. The molecule has 1 aromatic heterocycles. The molecule has 0 bridgehead atoms. The van der Waals surface area contributed by atoms with Crippen LogP contribution < -0.4 is 9.47 Å². The second-order valence-electron chi connectivity index (χ2n) is 3.70. The Morgan fingerprint density at radius 1 is 0.947 bits per heavy atom. The van der Waals surface area contributed by atoms with E-state index in [2.05, 4.69) is 4.98 Å². The molecule has 1 heterocycles. The van der Waals surface area contributed by atoms with Gasteiger partial charge in [-0.25, -0.2) is 0 Å². The third-order valence-electron chi connectivity index (χ3n) is 2.59. The molecule has 0 unspecified atom stereocenters. The molecule has 3 nitrogen and oxygen atoms in total.